The van der Waals surface area contributed by atoms with E-state index in [4.69, 9.17) is 9.47 Å². The predicted octanol–water partition coefficient (Wildman–Crippen LogP) is 2.75. The van der Waals surface area contributed by atoms with E-state index in [9.17, 15) is 5.11 Å². The first-order valence-corrected chi connectivity index (χ1v) is 9.42. The minimum absolute atomic E-state index is 0.264. The monoisotopic (exact) mass is 358 g/mol. The van der Waals surface area contributed by atoms with Crippen molar-refractivity contribution in [3.05, 3.63) is 53.9 Å². The summed E-state index contributed by atoms with van der Waals surface area (Å²) in [5, 5.41) is 10.5. The predicted molar refractivity (Wildman–Crippen MR) is 102 cm³/mol. The second-order valence-electron chi connectivity index (χ2n) is 7.17. The smallest absolute Gasteiger partial charge is 0.122 e. The van der Waals surface area contributed by atoms with Crippen LogP contribution in [-0.4, -0.2) is 53.1 Å². The van der Waals surface area contributed by atoms with E-state index < -0.39 is 6.10 Å². The number of aromatic nitrogens is 1. The first-order valence-electron chi connectivity index (χ1n) is 9.42. The van der Waals surface area contributed by atoms with E-state index in [0.29, 0.717) is 13.2 Å². The van der Waals surface area contributed by atoms with Gasteiger partial charge in [0.1, 0.15) is 18.5 Å². The molecular weight excluding hydrogens is 328 g/mol. The topological polar surface area (TPSA) is 46.9 Å². The highest BCUT2D eigenvalue weighted by Crippen LogP contribution is 2.18. The van der Waals surface area contributed by atoms with Crippen molar-refractivity contribution in [2.45, 2.75) is 38.5 Å². The highest BCUT2D eigenvalue weighted by molar-refractivity contribution is 5.31. The Hall–Kier alpha value is -1.82. The number of hydrogen-bond donors (Lipinski definition) is 1. The number of nitrogens with zero attached hydrogens (tertiary/aromatic N) is 2. The number of para-hydroxylation sites is 1. The number of hydrogen-bond acceptors (Lipinski definition) is 4. The number of benzene rings is 1. The molecule has 0 amide bonds. The minimum atomic E-state index is -0.545. The summed E-state index contributed by atoms with van der Waals surface area (Å²) in [5.74, 6) is 0.833. The van der Waals surface area contributed by atoms with E-state index >= 15 is 0 Å². The minimum Gasteiger partial charge on any atom is -0.491 e. The molecule has 1 saturated heterocycles. The average Bonchev–Trinajstić information content (AvgIpc) is 3.26. The molecule has 1 N–H and O–H groups in total. The van der Waals surface area contributed by atoms with Gasteiger partial charge >= 0.3 is 0 Å². The molecule has 0 unspecified atom stereocenters. The molecule has 0 radical (unpaired) electrons. The van der Waals surface area contributed by atoms with Crippen LogP contribution in [-0.2, 0) is 18.3 Å². The van der Waals surface area contributed by atoms with Gasteiger partial charge in [-0.05, 0) is 43.5 Å². The number of aliphatic hydroxyl groups is 1. The third-order valence-electron chi connectivity index (χ3n) is 4.92. The molecule has 1 aliphatic heterocycles. The number of ether oxygens (including phenoxy) is 2. The molecule has 142 valence electrons. The van der Waals surface area contributed by atoms with Crippen molar-refractivity contribution in [1.82, 2.24) is 9.47 Å². The third-order valence-corrected chi connectivity index (χ3v) is 4.92. The third kappa shape index (κ3) is 5.34. The van der Waals surface area contributed by atoms with Crippen molar-refractivity contribution < 1.29 is 14.6 Å². The Balaban J connectivity index is 1.56. The Labute approximate surface area is 156 Å². The number of rotatable bonds is 9. The van der Waals surface area contributed by atoms with Gasteiger partial charge in [0.2, 0.25) is 0 Å². The average molecular weight is 358 g/mol. The van der Waals surface area contributed by atoms with Crippen molar-refractivity contribution >= 4 is 0 Å². The molecule has 1 aromatic carbocycles. The van der Waals surface area contributed by atoms with Crippen LogP contribution in [0.5, 0.6) is 5.75 Å². The van der Waals surface area contributed by atoms with Crippen LogP contribution >= 0.6 is 0 Å². The van der Waals surface area contributed by atoms with Gasteiger partial charge in [-0.2, -0.15) is 0 Å². The lowest BCUT2D eigenvalue weighted by Gasteiger charge is -2.27. The van der Waals surface area contributed by atoms with Gasteiger partial charge in [-0.1, -0.05) is 18.2 Å². The largest absolute Gasteiger partial charge is 0.491 e. The lowest BCUT2D eigenvalue weighted by molar-refractivity contribution is 0.0305. The standard InChI is InChI=1S/C21H30N2O3/c1-17-7-3-4-10-21(17)26-16-19(24)14-23(15-20-9-6-12-25-20)13-18-8-5-11-22(18)2/h3-5,7-8,10-11,19-20,24H,6,9,12-16H2,1-2H3/t19-,20+/m0/s1. The Morgan fingerprint density at radius 3 is 2.85 bits per heavy atom. The van der Waals surface area contributed by atoms with Gasteiger partial charge in [0, 0.05) is 45.2 Å². The highest BCUT2D eigenvalue weighted by Gasteiger charge is 2.22. The summed E-state index contributed by atoms with van der Waals surface area (Å²) in [5.41, 5.74) is 2.31. The molecule has 26 heavy (non-hydrogen) atoms. The molecule has 0 saturated carbocycles. The van der Waals surface area contributed by atoms with E-state index in [1.54, 1.807) is 0 Å². The summed E-state index contributed by atoms with van der Waals surface area (Å²) in [6, 6.07) is 12.1. The van der Waals surface area contributed by atoms with Crippen LogP contribution in [0.1, 0.15) is 24.1 Å². The summed E-state index contributed by atoms with van der Waals surface area (Å²) in [4.78, 5) is 2.27. The van der Waals surface area contributed by atoms with Crippen molar-refractivity contribution in [2.24, 2.45) is 7.05 Å². The molecule has 1 fully saturated rings. The zero-order chi connectivity index (χ0) is 18.4. The van der Waals surface area contributed by atoms with Crippen LogP contribution in [0.2, 0.25) is 0 Å². The zero-order valence-corrected chi connectivity index (χ0v) is 15.8. The molecule has 5 heteroatoms. The maximum absolute atomic E-state index is 10.5. The fourth-order valence-electron chi connectivity index (χ4n) is 3.42. The van der Waals surface area contributed by atoms with Gasteiger partial charge in [0.15, 0.2) is 0 Å². The molecule has 5 nitrogen and oxygen atoms in total. The van der Waals surface area contributed by atoms with Crippen LogP contribution in [0.25, 0.3) is 0 Å². The quantitative estimate of drug-likeness (QED) is 0.749. The fourth-order valence-corrected chi connectivity index (χ4v) is 3.42. The van der Waals surface area contributed by atoms with Gasteiger partial charge in [0.25, 0.3) is 0 Å². The lowest BCUT2D eigenvalue weighted by Crippen LogP contribution is -2.39. The molecular formula is C21H30N2O3. The van der Waals surface area contributed by atoms with Gasteiger partial charge in [-0.25, -0.2) is 0 Å². The Bertz CT molecular complexity index is 679. The van der Waals surface area contributed by atoms with Gasteiger partial charge in [-0.3, -0.25) is 4.90 Å². The first kappa shape index (κ1) is 19.0. The molecule has 2 aromatic rings. The van der Waals surface area contributed by atoms with Gasteiger partial charge < -0.3 is 19.1 Å². The first-order chi connectivity index (χ1) is 12.6. The van der Waals surface area contributed by atoms with E-state index in [-0.39, 0.29) is 6.10 Å². The second-order valence-corrected chi connectivity index (χ2v) is 7.17. The summed E-state index contributed by atoms with van der Waals surface area (Å²) in [7, 11) is 2.05. The number of aliphatic hydroxyl groups excluding tert-OH is 1. The summed E-state index contributed by atoms with van der Waals surface area (Å²) in [6.45, 7) is 5.36. The van der Waals surface area contributed by atoms with Crippen molar-refractivity contribution in [2.75, 3.05) is 26.3 Å². The fraction of sp³-hybridized carbons (Fsp3) is 0.524. The molecule has 2 heterocycles. The maximum atomic E-state index is 10.5. The van der Waals surface area contributed by atoms with E-state index in [1.807, 2.05) is 31.2 Å². The Morgan fingerprint density at radius 1 is 1.31 bits per heavy atom. The SMILES string of the molecule is Cc1ccccc1OC[C@@H](O)CN(Cc1cccn1C)C[C@H]1CCCO1. The van der Waals surface area contributed by atoms with Gasteiger partial charge in [-0.15, -0.1) is 0 Å². The van der Waals surface area contributed by atoms with Crippen molar-refractivity contribution in [1.29, 1.82) is 0 Å². The molecule has 3 rings (SSSR count). The van der Waals surface area contributed by atoms with Crippen LogP contribution < -0.4 is 4.74 Å². The van der Waals surface area contributed by atoms with Crippen molar-refractivity contribution in [3.63, 3.8) is 0 Å². The summed E-state index contributed by atoms with van der Waals surface area (Å²) >= 11 is 0. The Morgan fingerprint density at radius 2 is 2.15 bits per heavy atom. The molecule has 2 atom stereocenters. The molecule has 1 aliphatic rings. The number of aryl methyl sites for hydroxylation is 2. The van der Waals surface area contributed by atoms with Gasteiger partial charge in [0.05, 0.1) is 6.10 Å². The van der Waals surface area contributed by atoms with Crippen molar-refractivity contribution in [3.8, 4) is 5.75 Å². The van der Waals surface area contributed by atoms with E-state index in [1.165, 1.54) is 5.69 Å². The Kier molecular flexibility index (Phi) is 6.72. The van der Waals surface area contributed by atoms with Crippen LogP contribution in [0.4, 0.5) is 0 Å². The van der Waals surface area contributed by atoms with Crippen LogP contribution in [0.3, 0.4) is 0 Å². The molecule has 1 aromatic heterocycles. The van der Waals surface area contributed by atoms with E-state index in [0.717, 1.165) is 43.9 Å². The lowest BCUT2D eigenvalue weighted by atomic mass is 10.2. The molecule has 0 aliphatic carbocycles. The highest BCUT2D eigenvalue weighted by atomic mass is 16.5. The summed E-state index contributed by atoms with van der Waals surface area (Å²) < 4.78 is 13.7. The maximum Gasteiger partial charge on any atom is 0.122 e. The van der Waals surface area contributed by atoms with Crippen LogP contribution in [0.15, 0.2) is 42.6 Å². The molecule has 0 bridgehead atoms. The summed E-state index contributed by atoms with van der Waals surface area (Å²) in [6.07, 6.45) is 3.99. The second kappa shape index (κ2) is 9.21. The molecule has 0 spiro atoms. The van der Waals surface area contributed by atoms with E-state index in [2.05, 4.69) is 34.8 Å². The normalized spacial score (nSPS) is 18.4. The zero-order valence-electron chi connectivity index (χ0n) is 15.8. The van der Waals surface area contributed by atoms with Crippen LogP contribution in [0, 0.1) is 6.92 Å².